The number of rotatable bonds is 5. The van der Waals surface area contributed by atoms with Crippen LogP contribution in [0.3, 0.4) is 0 Å². The van der Waals surface area contributed by atoms with Crippen molar-refractivity contribution in [1.29, 1.82) is 0 Å². The summed E-state index contributed by atoms with van der Waals surface area (Å²) in [5, 5.41) is 14.1. The van der Waals surface area contributed by atoms with Crippen molar-refractivity contribution in [3.63, 3.8) is 0 Å². The van der Waals surface area contributed by atoms with Gasteiger partial charge in [0.2, 0.25) is 0 Å². The zero-order chi connectivity index (χ0) is 13.5. The number of carboxylic acids is 1. The molecule has 0 heterocycles. The number of nitrogens with two attached hydrogens (primary N) is 1. The molecule has 1 rings (SSSR count). The monoisotopic (exact) mass is 363 g/mol. The van der Waals surface area contributed by atoms with Crippen LogP contribution in [0.2, 0.25) is 0 Å². The van der Waals surface area contributed by atoms with Gasteiger partial charge in [0, 0.05) is 10.1 Å². The topological polar surface area (TPSA) is 104 Å². The number of anilines is 1. The number of aromatic carboxylic acids is 1. The molecule has 0 atom stereocenters. The highest BCUT2D eigenvalue weighted by molar-refractivity contribution is 14.1. The number of urea groups is 1. The Kier molecular flexibility index (Phi) is 5.86. The predicted octanol–water partition coefficient (Wildman–Crippen LogP) is 1.46. The van der Waals surface area contributed by atoms with Crippen LogP contribution in [-0.2, 0) is 0 Å². The highest BCUT2D eigenvalue weighted by atomic mass is 127. The number of carboxylic acid groups (broad SMARTS) is 1. The molecule has 1 aromatic rings. The second-order valence-electron chi connectivity index (χ2n) is 3.52. The molecule has 0 bridgehead atoms. The molecule has 0 saturated heterocycles. The average Bonchev–Trinajstić information content (AvgIpc) is 2.31. The maximum absolute atomic E-state index is 11.5. The summed E-state index contributed by atoms with van der Waals surface area (Å²) in [5.74, 6) is -1.08. The number of amides is 2. The lowest BCUT2D eigenvalue weighted by Crippen LogP contribution is -2.31. The van der Waals surface area contributed by atoms with Crippen molar-refractivity contribution in [2.45, 2.75) is 6.42 Å². The number of carbonyl (C=O) groups excluding carboxylic acids is 1. The molecule has 0 spiro atoms. The van der Waals surface area contributed by atoms with E-state index >= 15 is 0 Å². The molecule has 18 heavy (non-hydrogen) atoms. The molecule has 0 aliphatic rings. The van der Waals surface area contributed by atoms with Gasteiger partial charge in [0.05, 0.1) is 11.3 Å². The predicted molar refractivity (Wildman–Crippen MR) is 76.8 cm³/mol. The molecule has 0 aromatic heterocycles. The van der Waals surface area contributed by atoms with Crippen LogP contribution in [-0.4, -0.2) is 30.2 Å². The van der Waals surface area contributed by atoms with Gasteiger partial charge in [-0.25, -0.2) is 9.59 Å². The summed E-state index contributed by atoms with van der Waals surface area (Å²) in [6, 6.07) is 4.35. The number of hydrogen-bond acceptors (Lipinski definition) is 3. The lowest BCUT2D eigenvalue weighted by Gasteiger charge is -2.10. The first kappa shape index (κ1) is 14.7. The zero-order valence-electron chi connectivity index (χ0n) is 9.57. The number of carbonyl (C=O) groups is 2. The van der Waals surface area contributed by atoms with E-state index in [4.69, 9.17) is 10.8 Å². The minimum atomic E-state index is -1.08. The Morgan fingerprint density at radius 2 is 2.11 bits per heavy atom. The van der Waals surface area contributed by atoms with Crippen LogP contribution in [0.25, 0.3) is 0 Å². The molecular weight excluding hydrogens is 349 g/mol. The smallest absolute Gasteiger partial charge is 0.337 e. The SMILES string of the molecule is NCCCNC(=O)Nc1ccc(I)cc1C(=O)O. The van der Waals surface area contributed by atoms with Crippen LogP contribution in [0.5, 0.6) is 0 Å². The van der Waals surface area contributed by atoms with E-state index in [1.165, 1.54) is 6.07 Å². The van der Waals surface area contributed by atoms with Gasteiger partial charge in [-0.05, 0) is 53.8 Å². The van der Waals surface area contributed by atoms with E-state index in [0.29, 0.717) is 19.5 Å². The fraction of sp³-hybridized carbons (Fsp3) is 0.273. The third kappa shape index (κ3) is 4.49. The molecule has 6 nitrogen and oxygen atoms in total. The lowest BCUT2D eigenvalue weighted by molar-refractivity contribution is 0.0698. The summed E-state index contributed by atoms with van der Waals surface area (Å²) in [7, 11) is 0. The van der Waals surface area contributed by atoms with E-state index in [0.717, 1.165) is 3.57 Å². The van der Waals surface area contributed by atoms with Gasteiger partial charge < -0.3 is 21.5 Å². The van der Waals surface area contributed by atoms with Gasteiger partial charge in [-0.3, -0.25) is 0 Å². The quantitative estimate of drug-likeness (QED) is 0.470. The third-order valence-electron chi connectivity index (χ3n) is 2.13. The van der Waals surface area contributed by atoms with Crippen LogP contribution in [0.4, 0.5) is 10.5 Å². The fourth-order valence-electron chi connectivity index (χ4n) is 1.27. The van der Waals surface area contributed by atoms with Crippen LogP contribution < -0.4 is 16.4 Å². The Balaban J connectivity index is 2.72. The molecule has 0 aliphatic carbocycles. The number of nitrogens with one attached hydrogen (secondary N) is 2. The normalized spacial score (nSPS) is 9.89. The highest BCUT2D eigenvalue weighted by Crippen LogP contribution is 2.18. The average molecular weight is 363 g/mol. The van der Waals surface area contributed by atoms with Crippen molar-refractivity contribution < 1.29 is 14.7 Å². The summed E-state index contributed by atoms with van der Waals surface area (Å²) in [6.45, 7) is 0.944. The summed E-state index contributed by atoms with van der Waals surface area (Å²) in [6.07, 6.45) is 0.673. The summed E-state index contributed by atoms with van der Waals surface area (Å²) >= 11 is 2.01. The Bertz CT molecular complexity index is 451. The van der Waals surface area contributed by atoms with E-state index in [9.17, 15) is 9.59 Å². The molecule has 2 amide bonds. The first-order valence-corrected chi connectivity index (χ1v) is 6.40. The minimum absolute atomic E-state index is 0.0656. The Morgan fingerprint density at radius 3 is 2.72 bits per heavy atom. The largest absolute Gasteiger partial charge is 0.478 e. The van der Waals surface area contributed by atoms with Crippen molar-refractivity contribution in [1.82, 2.24) is 5.32 Å². The highest BCUT2D eigenvalue weighted by Gasteiger charge is 2.12. The fourth-order valence-corrected chi connectivity index (χ4v) is 1.76. The number of benzene rings is 1. The van der Waals surface area contributed by atoms with Gasteiger partial charge in [0.25, 0.3) is 0 Å². The minimum Gasteiger partial charge on any atom is -0.478 e. The molecule has 0 radical (unpaired) electrons. The maximum atomic E-state index is 11.5. The van der Waals surface area contributed by atoms with E-state index < -0.39 is 12.0 Å². The van der Waals surface area contributed by atoms with Gasteiger partial charge in [0.15, 0.2) is 0 Å². The van der Waals surface area contributed by atoms with E-state index in [-0.39, 0.29) is 11.3 Å². The second-order valence-corrected chi connectivity index (χ2v) is 4.76. The number of halogens is 1. The van der Waals surface area contributed by atoms with E-state index in [1.807, 2.05) is 22.6 Å². The van der Waals surface area contributed by atoms with Crippen molar-refractivity contribution in [2.75, 3.05) is 18.4 Å². The first-order valence-electron chi connectivity index (χ1n) is 5.32. The Labute approximate surface area is 118 Å². The maximum Gasteiger partial charge on any atom is 0.337 e. The van der Waals surface area contributed by atoms with Gasteiger partial charge in [-0.15, -0.1) is 0 Å². The molecule has 7 heteroatoms. The number of hydrogen-bond donors (Lipinski definition) is 4. The molecule has 0 unspecified atom stereocenters. The zero-order valence-corrected chi connectivity index (χ0v) is 11.7. The molecule has 0 saturated carbocycles. The second kappa shape index (κ2) is 7.17. The molecular formula is C11H14IN3O3. The van der Waals surface area contributed by atoms with Gasteiger partial charge in [-0.1, -0.05) is 0 Å². The van der Waals surface area contributed by atoms with Crippen LogP contribution >= 0.6 is 22.6 Å². The summed E-state index contributed by atoms with van der Waals surface area (Å²) in [5.41, 5.74) is 5.63. The molecule has 0 aliphatic heterocycles. The molecule has 98 valence electrons. The van der Waals surface area contributed by atoms with Gasteiger partial charge in [0.1, 0.15) is 0 Å². The lowest BCUT2D eigenvalue weighted by atomic mass is 10.2. The Hall–Kier alpha value is -1.35. The van der Waals surface area contributed by atoms with Crippen LogP contribution in [0.1, 0.15) is 16.8 Å². The van der Waals surface area contributed by atoms with Gasteiger partial charge >= 0.3 is 12.0 Å². The molecule has 0 fully saturated rings. The van der Waals surface area contributed by atoms with Crippen molar-refractivity contribution in [2.24, 2.45) is 5.73 Å². The van der Waals surface area contributed by atoms with Crippen molar-refractivity contribution >= 4 is 40.3 Å². The van der Waals surface area contributed by atoms with Crippen LogP contribution in [0.15, 0.2) is 18.2 Å². The Morgan fingerprint density at radius 1 is 1.39 bits per heavy atom. The molecule has 5 N–H and O–H groups in total. The van der Waals surface area contributed by atoms with Gasteiger partial charge in [-0.2, -0.15) is 0 Å². The standard InChI is InChI=1S/C11H14IN3O3/c12-7-2-3-9(8(6-7)10(16)17)15-11(18)14-5-1-4-13/h2-3,6H,1,4-5,13H2,(H,16,17)(H2,14,15,18). The third-order valence-corrected chi connectivity index (χ3v) is 2.80. The molecule has 1 aromatic carbocycles. The summed E-state index contributed by atoms with van der Waals surface area (Å²) in [4.78, 5) is 22.5. The van der Waals surface area contributed by atoms with E-state index in [1.54, 1.807) is 12.1 Å². The van der Waals surface area contributed by atoms with Crippen LogP contribution in [0, 0.1) is 3.57 Å². The summed E-state index contributed by atoms with van der Waals surface area (Å²) < 4.78 is 0.791. The van der Waals surface area contributed by atoms with Crippen molar-refractivity contribution in [3.05, 3.63) is 27.3 Å². The van der Waals surface area contributed by atoms with E-state index in [2.05, 4.69) is 10.6 Å². The van der Waals surface area contributed by atoms with Crippen molar-refractivity contribution in [3.8, 4) is 0 Å². The first-order chi connectivity index (χ1) is 8.54.